The Morgan fingerprint density at radius 3 is 2.87 bits per heavy atom. The lowest BCUT2D eigenvalue weighted by Gasteiger charge is -2.05. The maximum atomic E-state index is 11.7. The minimum absolute atomic E-state index is 0.179. The zero-order valence-electron chi connectivity index (χ0n) is 8.10. The Kier molecular flexibility index (Phi) is 5.04. The minimum atomic E-state index is -3.41. The molecule has 0 unspecified atom stereocenters. The molecule has 0 atom stereocenters. The van der Waals surface area contributed by atoms with Crippen molar-refractivity contribution in [3.8, 4) is 0 Å². The summed E-state index contributed by atoms with van der Waals surface area (Å²) in [6.45, 7) is 0.427. The number of nitrogens with zero attached hydrogens (tertiary/aromatic N) is 1. The van der Waals surface area contributed by atoms with E-state index in [9.17, 15) is 8.42 Å². The van der Waals surface area contributed by atoms with Crippen LogP contribution in [0.3, 0.4) is 0 Å². The first-order valence-corrected chi connectivity index (χ1v) is 7.82. The lowest BCUT2D eigenvalue weighted by molar-refractivity contribution is 0.583. The summed E-state index contributed by atoms with van der Waals surface area (Å²) in [5.41, 5.74) is 0. The molecule has 0 bridgehead atoms. The Morgan fingerprint density at radius 2 is 2.27 bits per heavy atom. The molecule has 0 aromatic carbocycles. The van der Waals surface area contributed by atoms with Crippen LogP contribution in [0.2, 0.25) is 0 Å². The van der Waals surface area contributed by atoms with Gasteiger partial charge in [0.25, 0.3) is 0 Å². The van der Waals surface area contributed by atoms with Crippen LogP contribution >= 0.6 is 27.7 Å². The molecule has 0 spiro atoms. The second-order valence-electron chi connectivity index (χ2n) is 2.73. The van der Waals surface area contributed by atoms with Gasteiger partial charge < -0.3 is 0 Å². The molecule has 7 heteroatoms. The second-order valence-corrected chi connectivity index (χ2v) is 6.40. The quantitative estimate of drug-likeness (QED) is 0.837. The number of halogens is 1. The van der Waals surface area contributed by atoms with Crippen molar-refractivity contribution >= 4 is 37.7 Å². The van der Waals surface area contributed by atoms with Crippen LogP contribution in [0.1, 0.15) is 0 Å². The molecule has 1 rings (SSSR count). The van der Waals surface area contributed by atoms with Gasteiger partial charge in [0.05, 0.1) is 0 Å². The van der Waals surface area contributed by atoms with Crippen LogP contribution in [-0.2, 0) is 10.0 Å². The zero-order chi connectivity index (χ0) is 11.3. The number of nitrogens with one attached hydrogen (secondary N) is 1. The minimum Gasteiger partial charge on any atom is -0.262 e. The van der Waals surface area contributed by atoms with E-state index in [2.05, 4.69) is 25.6 Å². The van der Waals surface area contributed by atoms with Crippen molar-refractivity contribution in [1.82, 2.24) is 9.71 Å². The highest BCUT2D eigenvalue weighted by Gasteiger charge is 2.13. The summed E-state index contributed by atoms with van der Waals surface area (Å²) in [7, 11) is -3.41. The third-order valence-electron chi connectivity index (χ3n) is 1.59. The Balaban J connectivity index is 2.77. The van der Waals surface area contributed by atoms with Crippen molar-refractivity contribution in [3.05, 3.63) is 22.9 Å². The van der Waals surface area contributed by atoms with Crippen LogP contribution in [-0.4, -0.2) is 32.0 Å². The summed E-state index contributed by atoms with van der Waals surface area (Å²) in [5.74, 6) is 0.751. The number of hydrogen-bond acceptors (Lipinski definition) is 4. The number of hydrogen-bond donors (Lipinski definition) is 1. The van der Waals surface area contributed by atoms with E-state index in [1.54, 1.807) is 18.0 Å². The van der Waals surface area contributed by atoms with Gasteiger partial charge in [-0.15, -0.1) is 0 Å². The number of aromatic nitrogens is 1. The SMILES string of the molecule is CSCCNS(=O)(=O)c1cncc(Br)c1. The van der Waals surface area contributed by atoms with Crippen LogP contribution in [0.25, 0.3) is 0 Å². The van der Waals surface area contributed by atoms with Gasteiger partial charge in [-0.05, 0) is 28.3 Å². The normalized spacial score (nSPS) is 11.6. The van der Waals surface area contributed by atoms with E-state index in [1.807, 2.05) is 6.26 Å². The van der Waals surface area contributed by atoms with Crippen molar-refractivity contribution in [2.75, 3.05) is 18.6 Å². The standard InChI is InChI=1S/C8H11BrN2O2S2/c1-14-3-2-11-15(12,13)8-4-7(9)5-10-6-8/h4-6,11H,2-3H2,1H3. The van der Waals surface area contributed by atoms with Crippen LogP contribution < -0.4 is 4.72 Å². The van der Waals surface area contributed by atoms with Crippen LogP contribution in [0, 0.1) is 0 Å². The topological polar surface area (TPSA) is 59.1 Å². The average Bonchev–Trinajstić information content (AvgIpc) is 2.18. The number of thioether (sulfide) groups is 1. The molecule has 4 nitrogen and oxygen atoms in total. The van der Waals surface area contributed by atoms with Crippen molar-refractivity contribution in [2.45, 2.75) is 4.90 Å². The molecule has 1 aromatic rings. The van der Waals surface area contributed by atoms with E-state index in [0.29, 0.717) is 11.0 Å². The van der Waals surface area contributed by atoms with E-state index in [-0.39, 0.29) is 4.90 Å². The molecule has 0 radical (unpaired) electrons. The smallest absolute Gasteiger partial charge is 0.242 e. The lowest BCUT2D eigenvalue weighted by Crippen LogP contribution is -2.26. The summed E-state index contributed by atoms with van der Waals surface area (Å²) in [6, 6.07) is 1.52. The molecule has 15 heavy (non-hydrogen) atoms. The summed E-state index contributed by atoms with van der Waals surface area (Å²) < 4.78 is 26.5. The molecular formula is C8H11BrN2O2S2. The summed E-state index contributed by atoms with van der Waals surface area (Å²) in [6.07, 6.45) is 4.79. The fourth-order valence-corrected chi connectivity index (χ4v) is 2.87. The first-order chi connectivity index (χ1) is 7.06. The second kappa shape index (κ2) is 5.83. The van der Waals surface area contributed by atoms with E-state index in [0.717, 1.165) is 5.75 Å². The molecule has 0 saturated carbocycles. The average molecular weight is 311 g/mol. The van der Waals surface area contributed by atoms with Gasteiger partial charge in [0, 0.05) is 29.2 Å². The van der Waals surface area contributed by atoms with Crippen LogP contribution in [0.4, 0.5) is 0 Å². The van der Waals surface area contributed by atoms with E-state index in [4.69, 9.17) is 0 Å². The predicted molar refractivity (Wildman–Crippen MR) is 65.5 cm³/mol. The van der Waals surface area contributed by atoms with Crippen molar-refractivity contribution in [1.29, 1.82) is 0 Å². The van der Waals surface area contributed by atoms with Crippen molar-refractivity contribution in [3.63, 3.8) is 0 Å². The van der Waals surface area contributed by atoms with Gasteiger partial charge in [-0.2, -0.15) is 11.8 Å². The molecule has 0 saturated heterocycles. The Morgan fingerprint density at radius 1 is 1.53 bits per heavy atom. The number of rotatable bonds is 5. The van der Waals surface area contributed by atoms with Gasteiger partial charge in [-0.3, -0.25) is 4.98 Å². The van der Waals surface area contributed by atoms with Gasteiger partial charge in [0.1, 0.15) is 4.90 Å². The number of sulfonamides is 1. The zero-order valence-corrected chi connectivity index (χ0v) is 11.3. The van der Waals surface area contributed by atoms with Gasteiger partial charge in [0.2, 0.25) is 10.0 Å². The Hall–Kier alpha value is -0.110. The molecule has 1 N–H and O–H groups in total. The fourth-order valence-electron chi connectivity index (χ4n) is 0.901. The molecule has 0 aliphatic heterocycles. The highest BCUT2D eigenvalue weighted by Crippen LogP contribution is 2.13. The van der Waals surface area contributed by atoms with Crippen molar-refractivity contribution in [2.24, 2.45) is 0 Å². The lowest BCUT2D eigenvalue weighted by atomic mass is 10.5. The maximum absolute atomic E-state index is 11.7. The van der Waals surface area contributed by atoms with Crippen molar-refractivity contribution < 1.29 is 8.42 Å². The third-order valence-corrected chi connectivity index (χ3v) is 4.06. The first-order valence-electron chi connectivity index (χ1n) is 4.15. The van der Waals surface area contributed by atoms with Crippen LogP contribution in [0.5, 0.6) is 0 Å². The highest BCUT2D eigenvalue weighted by molar-refractivity contribution is 9.10. The maximum Gasteiger partial charge on any atom is 0.242 e. The Bertz CT molecular complexity index is 422. The summed E-state index contributed by atoms with van der Waals surface area (Å²) in [4.78, 5) is 3.99. The predicted octanol–water partition coefficient (Wildman–Crippen LogP) is 1.49. The first kappa shape index (κ1) is 13.0. The van der Waals surface area contributed by atoms with Crippen LogP contribution in [0.15, 0.2) is 27.8 Å². The van der Waals surface area contributed by atoms with Gasteiger partial charge in [-0.1, -0.05) is 0 Å². The highest BCUT2D eigenvalue weighted by atomic mass is 79.9. The van der Waals surface area contributed by atoms with E-state index in [1.165, 1.54) is 12.3 Å². The molecule has 0 fully saturated rings. The molecular weight excluding hydrogens is 300 g/mol. The Labute approximate surface area is 102 Å². The largest absolute Gasteiger partial charge is 0.262 e. The van der Waals surface area contributed by atoms with Gasteiger partial charge in [0.15, 0.2) is 0 Å². The third kappa shape index (κ3) is 4.10. The molecule has 1 aromatic heterocycles. The molecule has 1 heterocycles. The van der Waals surface area contributed by atoms with E-state index >= 15 is 0 Å². The summed E-state index contributed by atoms with van der Waals surface area (Å²) in [5, 5.41) is 0. The van der Waals surface area contributed by atoms with E-state index < -0.39 is 10.0 Å². The fraction of sp³-hybridized carbons (Fsp3) is 0.375. The van der Waals surface area contributed by atoms with Gasteiger partial charge in [-0.25, -0.2) is 13.1 Å². The molecule has 0 aliphatic rings. The molecule has 0 aliphatic carbocycles. The summed E-state index contributed by atoms with van der Waals surface area (Å²) >= 11 is 4.77. The monoisotopic (exact) mass is 310 g/mol. The van der Waals surface area contributed by atoms with Gasteiger partial charge >= 0.3 is 0 Å². The molecule has 0 amide bonds. The number of pyridine rings is 1. The molecule has 84 valence electrons.